The lowest BCUT2D eigenvalue weighted by atomic mass is 10.1. The first kappa shape index (κ1) is 14.4. The number of benzene rings is 1. The van der Waals surface area contributed by atoms with E-state index in [0.717, 1.165) is 10.9 Å². The standard InChI is InChI=1S/C17H15N5O2/c1-9(2)17-20-16(21-24-17)14-13-7-11(15(18)23)10-5-3-4-6-12(10)22(13)8-19-14/h3-9H,1-2H3,(H2,18,23). The normalized spacial score (nSPS) is 11.6. The van der Waals surface area contributed by atoms with E-state index in [4.69, 9.17) is 10.3 Å². The Balaban J connectivity index is 2.03. The van der Waals surface area contributed by atoms with E-state index in [1.807, 2.05) is 42.5 Å². The van der Waals surface area contributed by atoms with Gasteiger partial charge in [0, 0.05) is 11.3 Å². The van der Waals surface area contributed by atoms with Crippen LogP contribution in [0, 0.1) is 0 Å². The smallest absolute Gasteiger partial charge is 0.249 e. The Morgan fingerprint density at radius 2 is 2.04 bits per heavy atom. The van der Waals surface area contributed by atoms with E-state index in [2.05, 4.69) is 15.1 Å². The third-order valence-corrected chi connectivity index (χ3v) is 3.95. The van der Waals surface area contributed by atoms with Gasteiger partial charge in [-0.2, -0.15) is 4.98 Å². The summed E-state index contributed by atoms with van der Waals surface area (Å²) in [6, 6.07) is 9.26. The van der Waals surface area contributed by atoms with Crippen LogP contribution in [0.3, 0.4) is 0 Å². The average Bonchev–Trinajstić information content (AvgIpc) is 3.20. The van der Waals surface area contributed by atoms with Gasteiger partial charge >= 0.3 is 0 Å². The SMILES string of the molecule is CC(C)c1nc(-c2ncn3c2cc(C(N)=O)c2ccccc23)no1. The number of para-hydroxylation sites is 1. The van der Waals surface area contributed by atoms with Crippen molar-refractivity contribution in [2.24, 2.45) is 5.73 Å². The molecule has 3 aromatic heterocycles. The molecule has 0 radical (unpaired) electrons. The predicted octanol–water partition coefficient (Wildman–Crippen LogP) is 2.76. The number of rotatable bonds is 3. The summed E-state index contributed by atoms with van der Waals surface area (Å²) in [6.45, 7) is 3.95. The monoisotopic (exact) mass is 321 g/mol. The molecule has 0 spiro atoms. The first-order chi connectivity index (χ1) is 11.6. The van der Waals surface area contributed by atoms with Crippen molar-refractivity contribution in [2.75, 3.05) is 0 Å². The maximum absolute atomic E-state index is 11.9. The summed E-state index contributed by atoms with van der Waals surface area (Å²) < 4.78 is 7.15. The van der Waals surface area contributed by atoms with Crippen LogP contribution in [0.25, 0.3) is 27.9 Å². The molecule has 24 heavy (non-hydrogen) atoms. The number of amides is 1. The van der Waals surface area contributed by atoms with Crippen molar-refractivity contribution >= 4 is 22.3 Å². The molecule has 4 aromatic rings. The number of carbonyl (C=O) groups is 1. The minimum Gasteiger partial charge on any atom is -0.366 e. The van der Waals surface area contributed by atoms with Crippen molar-refractivity contribution in [1.29, 1.82) is 0 Å². The van der Waals surface area contributed by atoms with E-state index in [9.17, 15) is 4.79 Å². The highest BCUT2D eigenvalue weighted by atomic mass is 16.5. The second kappa shape index (κ2) is 5.16. The molecule has 1 aromatic carbocycles. The summed E-state index contributed by atoms with van der Waals surface area (Å²) >= 11 is 0. The first-order valence-electron chi connectivity index (χ1n) is 7.59. The number of hydrogen-bond donors (Lipinski definition) is 1. The second-order valence-electron chi connectivity index (χ2n) is 5.90. The largest absolute Gasteiger partial charge is 0.366 e. The fraction of sp³-hybridized carbons (Fsp3) is 0.176. The van der Waals surface area contributed by atoms with Crippen LogP contribution >= 0.6 is 0 Å². The van der Waals surface area contributed by atoms with E-state index < -0.39 is 5.91 Å². The molecule has 0 aliphatic heterocycles. The number of pyridine rings is 1. The molecule has 1 amide bonds. The molecular formula is C17H15N5O2. The van der Waals surface area contributed by atoms with Gasteiger partial charge in [0.1, 0.15) is 12.0 Å². The van der Waals surface area contributed by atoms with E-state index in [-0.39, 0.29) is 5.92 Å². The van der Waals surface area contributed by atoms with Gasteiger partial charge in [-0.05, 0) is 12.1 Å². The molecule has 0 saturated heterocycles. The molecule has 120 valence electrons. The molecule has 0 aliphatic carbocycles. The molecule has 7 heteroatoms. The number of carbonyl (C=O) groups excluding carboxylic acids is 1. The van der Waals surface area contributed by atoms with Gasteiger partial charge in [-0.1, -0.05) is 37.2 Å². The lowest BCUT2D eigenvalue weighted by Crippen LogP contribution is -2.12. The van der Waals surface area contributed by atoms with Crippen LogP contribution in [0.5, 0.6) is 0 Å². The zero-order valence-electron chi connectivity index (χ0n) is 13.2. The molecule has 0 atom stereocenters. The highest BCUT2D eigenvalue weighted by Gasteiger charge is 2.19. The van der Waals surface area contributed by atoms with Gasteiger partial charge in [0.25, 0.3) is 0 Å². The zero-order valence-corrected chi connectivity index (χ0v) is 13.2. The van der Waals surface area contributed by atoms with E-state index >= 15 is 0 Å². The van der Waals surface area contributed by atoms with Crippen LogP contribution < -0.4 is 5.73 Å². The summed E-state index contributed by atoms with van der Waals surface area (Å²) in [4.78, 5) is 20.7. The van der Waals surface area contributed by atoms with Gasteiger partial charge in [0.15, 0.2) is 0 Å². The fourth-order valence-corrected chi connectivity index (χ4v) is 2.76. The number of nitrogens with zero attached hydrogens (tertiary/aromatic N) is 4. The fourth-order valence-electron chi connectivity index (χ4n) is 2.76. The minimum atomic E-state index is -0.489. The molecule has 3 heterocycles. The molecule has 0 saturated carbocycles. The Bertz CT molecular complexity index is 1080. The molecule has 7 nitrogen and oxygen atoms in total. The number of aromatic nitrogens is 4. The van der Waals surface area contributed by atoms with Crippen LogP contribution in [-0.4, -0.2) is 25.4 Å². The van der Waals surface area contributed by atoms with Crippen molar-refractivity contribution in [3.63, 3.8) is 0 Å². The van der Waals surface area contributed by atoms with Crippen molar-refractivity contribution in [1.82, 2.24) is 19.5 Å². The lowest BCUT2D eigenvalue weighted by molar-refractivity contribution is 0.100. The molecule has 0 aliphatic rings. The van der Waals surface area contributed by atoms with Crippen molar-refractivity contribution < 1.29 is 9.32 Å². The van der Waals surface area contributed by atoms with Gasteiger partial charge in [-0.3, -0.25) is 9.20 Å². The van der Waals surface area contributed by atoms with Crippen LogP contribution in [0.4, 0.5) is 0 Å². The molecule has 2 N–H and O–H groups in total. The second-order valence-corrected chi connectivity index (χ2v) is 5.90. The van der Waals surface area contributed by atoms with Crippen molar-refractivity contribution in [2.45, 2.75) is 19.8 Å². The van der Waals surface area contributed by atoms with Crippen molar-refractivity contribution in [3.05, 3.63) is 48.1 Å². The maximum Gasteiger partial charge on any atom is 0.249 e. The Morgan fingerprint density at radius 3 is 2.75 bits per heavy atom. The highest BCUT2D eigenvalue weighted by molar-refractivity contribution is 6.07. The first-order valence-corrected chi connectivity index (χ1v) is 7.59. The third-order valence-electron chi connectivity index (χ3n) is 3.95. The quantitative estimate of drug-likeness (QED) is 0.625. The zero-order chi connectivity index (χ0) is 16.8. The highest BCUT2D eigenvalue weighted by Crippen LogP contribution is 2.28. The van der Waals surface area contributed by atoms with Gasteiger partial charge in [0.05, 0.1) is 16.6 Å². The Morgan fingerprint density at radius 1 is 1.25 bits per heavy atom. The van der Waals surface area contributed by atoms with E-state index in [1.54, 1.807) is 12.4 Å². The van der Waals surface area contributed by atoms with Gasteiger partial charge in [-0.25, -0.2) is 4.98 Å². The maximum atomic E-state index is 11.9. The molecule has 0 unspecified atom stereocenters. The van der Waals surface area contributed by atoms with E-state index in [0.29, 0.717) is 28.5 Å². The number of primary amides is 1. The Hall–Kier alpha value is -3.22. The molecular weight excluding hydrogens is 306 g/mol. The average molecular weight is 321 g/mol. The van der Waals surface area contributed by atoms with Crippen molar-refractivity contribution in [3.8, 4) is 11.5 Å². The number of hydrogen-bond acceptors (Lipinski definition) is 5. The number of nitrogens with two attached hydrogens (primary N) is 1. The predicted molar refractivity (Wildman–Crippen MR) is 88.6 cm³/mol. The summed E-state index contributed by atoms with van der Waals surface area (Å²) in [6.07, 6.45) is 1.68. The number of imidazole rings is 1. The Kier molecular flexibility index (Phi) is 3.09. The van der Waals surface area contributed by atoms with Gasteiger partial charge in [-0.15, -0.1) is 0 Å². The Labute approximate surface area is 137 Å². The van der Waals surface area contributed by atoms with Crippen LogP contribution in [-0.2, 0) is 0 Å². The summed E-state index contributed by atoms with van der Waals surface area (Å²) in [5, 5.41) is 4.78. The summed E-state index contributed by atoms with van der Waals surface area (Å²) in [5.41, 5.74) is 8.10. The molecule has 0 bridgehead atoms. The lowest BCUT2D eigenvalue weighted by Gasteiger charge is -2.06. The summed E-state index contributed by atoms with van der Waals surface area (Å²) in [5.74, 6) is 0.577. The summed E-state index contributed by atoms with van der Waals surface area (Å²) in [7, 11) is 0. The van der Waals surface area contributed by atoms with Crippen LogP contribution in [0.1, 0.15) is 36.0 Å². The van der Waals surface area contributed by atoms with Crippen LogP contribution in [0.2, 0.25) is 0 Å². The van der Waals surface area contributed by atoms with E-state index in [1.165, 1.54) is 0 Å². The minimum absolute atomic E-state index is 0.127. The van der Waals surface area contributed by atoms with Crippen LogP contribution in [0.15, 0.2) is 41.2 Å². The topological polar surface area (TPSA) is 99.3 Å². The number of fused-ring (bicyclic) bond motifs is 3. The third kappa shape index (κ3) is 2.05. The molecule has 4 rings (SSSR count). The van der Waals surface area contributed by atoms with Gasteiger partial charge in [0.2, 0.25) is 17.6 Å². The molecule has 0 fully saturated rings. The van der Waals surface area contributed by atoms with Gasteiger partial charge < -0.3 is 10.3 Å².